The number of hydrogen-bond donors (Lipinski definition) is 1. The number of rotatable bonds is 11. The van der Waals surface area contributed by atoms with Crippen molar-refractivity contribution in [3.63, 3.8) is 0 Å². The molecule has 0 amide bonds. The zero-order valence-corrected chi connectivity index (χ0v) is 17.7. The molecule has 1 saturated carbocycles. The Balaban J connectivity index is 1.30. The quantitative estimate of drug-likeness (QED) is 0.558. The standard InChI is InChI=1S/C22H27N7O2/c1-3-4-9-22(25-26-22)10-11-23-18(7-5-16-12-15(16)2)21-24-27-28-29(21)17-6-8-19-20(13-17)31-14-30-19/h1,6,8,13,15-16,18,23H,4-5,7,9-12,14H2,2H3/t15-,16+,18?/m1/s1. The third-order valence-electron chi connectivity index (χ3n) is 6.48. The fourth-order valence-electron chi connectivity index (χ4n) is 4.23. The zero-order chi connectivity index (χ0) is 21.3. The minimum Gasteiger partial charge on any atom is -0.454 e. The van der Waals surface area contributed by atoms with E-state index in [4.69, 9.17) is 15.9 Å². The Morgan fingerprint density at radius 1 is 1.29 bits per heavy atom. The molecule has 2 aromatic rings. The maximum absolute atomic E-state index is 5.52. The van der Waals surface area contributed by atoms with Crippen LogP contribution in [0.25, 0.3) is 5.69 Å². The van der Waals surface area contributed by atoms with Crippen molar-refractivity contribution in [1.29, 1.82) is 0 Å². The number of fused-ring (bicyclic) bond motifs is 1. The van der Waals surface area contributed by atoms with Crippen molar-refractivity contribution >= 4 is 0 Å². The Morgan fingerprint density at radius 2 is 2.13 bits per heavy atom. The van der Waals surface area contributed by atoms with Crippen LogP contribution in [-0.2, 0) is 0 Å². The number of terminal acetylenes is 1. The van der Waals surface area contributed by atoms with Gasteiger partial charge in [0.15, 0.2) is 23.0 Å². The van der Waals surface area contributed by atoms with Crippen molar-refractivity contribution in [2.75, 3.05) is 13.3 Å². The molecule has 1 aromatic carbocycles. The van der Waals surface area contributed by atoms with E-state index in [0.717, 1.165) is 61.3 Å². The Labute approximate surface area is 181 Å². The lowest BCUT2D eigenvalue weighted by molar-refractivity contribution is 0.174. The van der Waals surface area contributed by atoms with Gasteiger partial charge in [0, 0.05) is 31.9 Å². The summed E-state index contributed by atoms with van der Waals surface area (Å²) in [5, 5.41) is 24.8. The van der Waals surface area contributed by atoms with Gasteiger partial charge in [-0.1, -0.05) is 6.92 Å². The van der Waals surface area contributed by atoms with E-state index < -0.39 is 0 Å². The van der Waals surface area contributed by atoms with Crippen LogP contribution in [0.3, 0.4) is 0 Å². The highest BCUT2D eigenvalue weighted by atomic mass is 16.7. The van der Waals surface area contributed by atoms with E-state index >= 15 is 0 Å². The lowest BCUT2D eigenvalue weighted by Crippen LogP contribution is -2.29. The molecule has 3 atom stereocenters. The highest BCUT2D eigenvalue weighted by molar-refractivity contribution is 5.49. The first-order valence-corrected chi connectivity index (χ1v) is 11.0. The molecule has 0 spiro atoms. The normalized spacial score (nSPS) is 22.8. The van der Waals surface area contributed by atoms with Gasteiger partial charge >= 0.3 is 0 Å². The zero-order valence-electron chi connectivity index (χ0n) is 17.7. The van der Waals surface area contributed by atoms with E-state index in [1.165, 1.54) is 6.42 Å². The van der Waals surface area contributed by atoms with Crippen LogP contribution in [0.15, 0.2) is 28.4 Å². The monoisotopic (exact) mass is 421 g/mol. The Hall–Kier alpha value is -2.99. The molecule has 3 aliphatic rings. The third kappa shape index (κ3) is 4.39. The van der Waals surface area contributed by atoms with E-state index in [-0.39, 0.29) is 18.5 Å². The highest BCUT2D eigenvalue weighted by Gasteiger charge is 2.39. The number of nitrogens with one attached hydrogen (secondary N) is 1. The highest BCUT2D eigenvalue weighted by Crippen LogP contribution is 2.43. The van der Waals surface area contributed by atoms with Crippen LogP contribution in [0.4, 0.5) is 0 Å². The molecular weight excluding hydrogens is 394 g/mol. The molecule has 0 bridgehead atoms. The van der Waals surface area contributed by atoms with Gasteiger partial charge < -0.3 is 14.8 Å². The number of benzene rings is 1. The maximum atomic E-state index is 5.52. The molecule has 162 valence electrons. The van der Waals surface area contributed by atoms with E-state index in [9.17, 15) is 0 Å². The molecule has 9 heteroatoms. The first-order chi connectivity index (χ1) is 15.2. The fourth-order valence-corrected chi connectivity index (χ4v) is 4.23. The van der Waals surface area contributed by atoms with Gasteiger partial charge in [-0.2, -0.15) is 14.9 Å². The molecule has 1 aliphatic carbocycles. The minimum absolute atomic E-state index is 0.0386. The lowest BCUT2D eigenvalue weighted by atomic mass is 10.0. The van der Waals surface area contributed by atoms with Crippen LogP contribution in [0.2, 0.25) is 0 Å². The smallest absolute Gasteiger partial charge is 0.231 e. The van der Waals surface area contributed by atoms with Gasteiger partial charge in [0.25, 0.3) is 0 Å². The molecule has 0 radical (unpaired) electrons. The number of nitrogens with zero attached hydrogens (tertiary/aromatic N) is 6. The van der Waals surface area contributed by atoms with Crippen LogP contribution in [0.1, 0.15) is 57.3 Å². The van der Waals surface area contributed by atoms with Gasteiger partial charge in [0.1, 0.15) is 0 Å². The third-order valence-corrected chi connectivity index (χ3v) is 6.48. The van der Waals surface area contributed by atoms with Gasteiger partial charge in [0.2, 0.25) is 6.79 Å². The first-order valence-electron chi connectivity index (χ1n) is 11.0. The first kappa shape index (κ1) is 19.9. The van der Waals surface area contributed by atoms with Gasteiger partial charge in [-0.25, -0.2) is 0 Å². The summed E-state index contributed by atoms with van der Waals surface area (Å²) in [7, 11) is 0. The number of ether oxygens (including phenoxy) is 2. The molecule has 1 fully saturated rings. The van der Waals surface area contributed by atoms with E-state index in [0.29, 0.717) is 12.2 Å². The Bertz CT molecular complexity index is 1010. The second-order valence-corrected chi connectivity index (χ2v) is 8.68. The summed E-state index contributed by atoms with van der Waals surface area (Å²) >= 11 is 0. The van der Waals surface area contributed by atoms with Crippen LogP contribution in [-0.4, -0.2) is 39.2 Å². The van der Waals surface area contributed by atoms with Crippen LogP contribution in [0, 0.1) is 24.2 Å². The van der Waals surface area contributed by atoms with Gasteiger partial charge in [0.05, 0.1) is 11.7 Å². The Kier molecular flexibility index (Phi) is 5.32. The van der Waals surface area contributed by atoms with Gasteiger partial charge in [-0.15, -0.1) is 17.4 Å². The number of aromatic nitrogens is 4. The average Bonchev–Trinajstić information content (AvgIpc) is 3.55. The Morgan fingerprint density at radius 3 is 2.90 bits per heavy atom. The molecular formula is C22H27N7O2. The largest absolute Gasteiger partial charge is 0.454 e. The van der Waals surface area contributed by atoms with Crippen molar-refractivity contribution in [3.8, 4) is 29.5 Å². The summed E-state index contributed by atoms with van der Waals surface area (Å²) in [6.45, 7) is 3.33. The molecule has 1 aromatic heterocycles. The summed E-state index contributed by atoms with van der Waals surface area (Å²) in [4.78, 5) is 0. The molecule has 0 saturated heterocycles. The van der Waals surface area contributed by atoms with Gasteiger partial charge in [-0.05, 0) is 53.7 Å². The summed E-state index contributed by atoms with van der Waals surface area (Å²) in [6, 6.07) is 5.79. The summed E-state index contributed by atoms with van der Waals surface area (Å²) in [5.74, 6) is 6.56. The van der Waals surface area contributed by atoms with Gasteiger partial charge in [-0.3, -0.25) is 0 Å². The molecule has 3 heterocycles. The topological polar surface area (TPSA) is 98.8 Å². The summed E-state index contributed by atoms with van der Waals surface area (Å²) in [6.07, 6.45) is 11.2. The average molecular weight is 422 g/mol. The molecule has 31 heavy (non-hydrogen) atoms. The molecule has 9 nitrogen and oxygen atoms in total. The number of tetrazole rings is 1. The summed E-state index contributed by atoms with van der Waals surface area (Å²) in [5.41, 5.74) is 0.562. The van der Waals surface area contributed by atoms with E-state index in [2.05, 4.69) is 43.9 Å². The van der Waals surface area contributed by atoms with Crippen LogP contribution in [0.5, 0.6) is 11.5 Å². The minimum atomic E-state index is -0.293. The van der Waals surface area contributed by atoms with Crippen molar-refractivity contribution in [2.45, 2.75) is 57.2 Å². The number of hydrogen-bond acceptors (Lipinski definition) is 8. The van der Waals surface area contributed by atoms with E-state index in [1.54, 1.807) is 4.68 Å². The second kappa shape index (κ2) is 8.27. The van der Waals surface area contributed by atoms with Crippen molar-refractivity contribution in [3.05, 3.63) is 24.0 Å². The van der Waals surface area contributed by atoms with Crippen molar-refractivity contribution in [2.24, 2.45) is 22.1 Å². The predicted molar refractivity (Wildman–Crippen MR) is 113 cm³/mol. The fraction of sp³-hybridized carbons (Fsp3) is 0.591. The SMILES string of the molecule is C#CCCC1(CCNC(CC[C@H]2C[C@H]2C)c2nnnn2-c2ccc3c(c2)OCO3)N=N1. The van der Waals surface area contributed by atoms with E-state index in [1.807, 2.05) is 18.2 Å². The summed E-state index contributed by atoms with van der Waals surface area (Å²) < 4.78 is 12.7. The molecule has 1 unspecified atom stereocenters. The molecule has 2 aliphatic heterocycles. The molecule has 1 N–H and O–H groups in total. The predicted octanol–water partition coefficient (Wildman–Crippen LogP) is 3.42. The van der Waals surface area contributed by atoms with Crippen molar-refractivity contribution < 1.29 is 9.47 Å². The second-order valence-electron chi connectivity index (χ2n) is 8.68. The lowest BCUT2D eigenvalue weighted by Gasteiger charge is -2.19. The molecule has 5 rings (SSSR count). The van der Waals surface area contributed by atoms with Crippen molar-refractivity contribution in [1.82, 2.24) is 25.5 Å². The van der Waals surface area contributed by atoms with Crippen LogP contribution < -0.4 is 14.8 Å². The van der Waals surface area contributed by atoms with Crippen LogP contribution >= 0.6 is 0 Å². The maximum Gasteiger partial charge on any atom is 0.231 e.